The van der Waals surface area contributed by atoms with Crippen LogP contribution in [0, 0.1) is 0 Å². The van der Waals surface area contributed by atoms with Gasteiger partial charge in [-0.15, -0.1) is 0 Å². The topological polar surface area (TPSA) is 116 Å². The standard InChI is InChI=1S/C14H18N4O4/c1-2-3-6-10-12(15-8-11(19)17-22)16-13-9(14(20)21)5-4-7-18(10)13/h4-5,7,15,22H,2-3,6,8H2,1H3,(H,17,19)(H,20,21). The summed E-state index contributed by atoms with van der Waals surface area (Å²) < 4.78 is 1.72. The van der Waals surface area contributed by atoms with Gasteiger partial charge in [-0.1, -0.05) is 13.3 Å². The van der Waals surface area contributed by atoms with Gasteiger partial charge >= 0.3 is 5.97 Å². The van der Waals surface area contributed by atoms with Gasteiger partial charge in [-0.25, -0.2) is 15.3 Å². The van der Waals surface area contributed by atoms with Crippen LogP contribution < -0.4 is 10.8 Å². The summed E-state index contributed by atoms with van der Waals surface area (Å²) in [6.45, 7) is 1.90. The van der Waals surface area contributed by atoms with Crippen molar-refractivity contribution in [2.45, 2.75) is 26.2 Å². The minimum atomic E-state index is -1.06. The van der Waals surface area contributed by atoms with Crippen LogP contribution in [-0.4, -0.2) is 38.1 Å². The molecule has 0 fully saturated rings. The highest BCUT2D eigenvalue weighted by Crippen LogP contribution is 2.22. The number of hydrogen-bond donors (Lipinski definition) is 4. The Balaban J connectivity index is 2.45. The first-order valence-electron chi connectivity index (χ1n) is 6.98. The van der Waals surface area contributed by atoms with Gasteiger partial charge in [-0.05, 0) is 25.0 Å². The molecule has 8 heteroatoms. The van der Waals surface area contributed by atoms with Crippen LogP contribution in [0.1, 0.15) is 35.8 Å². The Labute approximate surface area is 126 Å². The highest BCUT2D eigenvalue weighted by Gasteiger charge is 2.17. The van der Waals surface area contributed by atoms with Gasteiger partial charge in [-0.3, -0.25) is 10.0 Å². The fourth-order valence-corrected chi connectivity index (χ4v) is 2.21. The number of hydrogen-bond acceptors (Lipinski definition) is 5. The zero-order valence-electron chi connectivity index (χ0n) is 12.2. The number of amides is 1. The summed E-state index contributed by atoms with van der Waals surface area (Å²) in [6.07, 6.45) is 4.33. The molecule has 0 unspecified atom stereocenters. The molecular weight excluding hydrogens is 288 g/mol. The highest BCUT2D eigenvalue weighted by atomic mass is 16.5. The molecule has 2 heterocycles. The van der Waals surface area contributed by atoms with Gasteiger partial charge < -0.3 is 14.8 Å². The molecule has 0 aliphatic heterocycles. The third-order valence-electron chi connectivity index (χ3n) is 3.29. The number of carbonyl (C=O) groups excluding carboxylic acids is 1. The number of aromatic nitrogens is 2. The number of nitrogens with zero attached hydrogens (tertiary/aromatic N) is 2. The van der Waals surface area contributed by atoms with Gasteiger partial charge in [0.05, 0.1) is 12.2 Å². The minimum Gasteiger partial charge on any atom is -0.478 e. The monoisotopic (exact) mass is 306 g/mol. The van der Waals surface area contributed by atoms with E-state index in [0.717, 1.165) is 18.5 Å². The smallest absolute Gasteiger partial charge is 0.339 e. The lowest BCUT2D eigenvalue weighted by Crippen LogP contribution is -2.27. The number of anilines is 1. The maximum Gasteiger partial charge on any atom is 0.339 e. The Hall–Kier alpha value is -2.61. The fraction of sp³-hybridized carbons (Fsp3) is 0.357. The van der Waals surface area contributed by atoms with E-state index in [4.69, 9.17) is 5.21 Å². The average molecular weight is 306 g/mol. The molecule has 0 aliphatic carbocycles. The summed E-state index contributed by atoms with van der Waals surface area (Å²) in [6, 6.07) is 3.14. The normalized spacial score (nSPS) is 10.6. The van der Waals surface area contributed by atoms with Crippen LogP contribution in [-0.2, 0) is 11.2 Å². The van der Waals surface area contributed by atoms with E-state index in [-0.39, 0.29) is 12.1 Å². The van der Waals surface area contributed by atoms with Crippen molar-refractivity contribution in [3.05, 3.63) is 29.6 Å². The zero-order chi connectivity index (χ0) is 16.1. The molecule has 2 aromatic heterocycles. The summed E-state index contributed by atoms with van der Waals surface area (Å²) >= 11 is 0. The molecule has 0 spiro atoms. The summed E-state index contributed by atoms with van der Waals surface area (Å²) in [4.78, 5) is 26.7. The molecule has 0 saturated heterocycles. The molecule has 118 valence electrons. The van der Waals surface area contributed by atoms with Crippen LogP contribution in [0.4, 0.5) is 5.82 Å². The van der Waals surface area contributed by atoms with Crippen LogP contribution in [0.2, 0.25) is 0 Å². The quantitative estimate of drug-likeness (QED) is 0.452. The summed E-state index contributed by atoms with van der Waals surface area (Å²) in [5, 5.41) is 20.6. The van der Waals surface area contributed by atoms with E-state index >= 15 is 0 Å². The van der Waals surface area contributed by atoms with Gasteiger partial charge in [0.2, 0.25) is 0 Å². The van der Waals surface area contributed by atoms with E-state index in [9.17, 15) is 14.7 Å². The number of aryl methyl sites for hydroxylation is 1. The molecule has 8 nitrogen and oxygen atoms in total. The molecule has 0 saturated carbocycles. The van der Waals surface area contributed by atoms with Crippen LogP contribution >= 0.6 is 0 Å². The van der Waals surface area contributed by atoms with Crippen LogP contribution in [0.5, 0.6) is 0 Å². The SMILES string of the molecule is CCCCc1c(NCC(=O)NO)nc2c(C(=O)O)cccn12. The van der Waals surface area contributed by atoms with Gasteiger partial charge in [0.15, 0.2) is 5.65 Å². The van der Waals surface area contributed by atoms with Crippen LogP contribution in [0.3, 0.4) is 0 Å². The molecule has 2 rings (SSSR count). The molecule has 4 N–H and O–H groups in total. The van der Waals surface area contributed by atoms with E-state index in [0.29, 0.717) is 17.9 Å². The number of aromatic carboxylic acids is 1. The number of carboxylic acid groups (broad SMARTS) is 1. The summed E-state index contributed by atoms with van der Waals surface area (Å²) in [7, 11) is 0. The lowest BCUT2D eigenvalue weighted by atomic mass is 10.2. The molecule has 2 aromatic rings. The number of hydroxylamine groups is 1. The Morgan fingerprint density at radius 2 is 2.18 bits per heavy atom. The van der Waals surface area contributed by atoms with Gasteiger partial charge in [0.25, 0.3) is 5.91 Å². The predicted octanol–water partition coefficient (Wildman–Crippen LogP) is 1.29. The molecule has 0 aromatic carbocycles. The highest BCUT2D eigenvalue weighted by molar-refractivity contribution is 5.94. The molecule has 22 heavy (non-hydrogen) atoms. The molecule has 0 radical (unpaired) electrons. The molecule has 1 amide bonds. The second kappa shape index (κ2) is 6.90. The Bertz CT molecular complexity index is 695. The predicted molar refractivity (Wildman–Crippen MR) is 79.2 cm³/mol. The Morgan fingerprint density at radius 1 is 1.41 bits per heavy atom. The van der Waals surface area contributed by atoms with Crippen molar-refractivity contribution in [3.8, 4) is 0 Å². The van der Waals surface area contributed by atoms with Crippen molar-refractivity contribution in [2.75, 3.05) is 11.9 Å². The lowest BCUT2D eigenvalue weighted by Gasteiger charge is -2.06. The summed E-state index contributed by atoms with van der Waals surface area (Å²) in [5.41, 5.74) is 2.77. The first-order valence-corrected chi connectivity index (χ1v) is 6.98. The fourth-order valence-electron chi connectivity index (χ4n) is 2.21. The van der Waals surface area contributed by atoms with Gasteiger partial charge in [-0.2, -0.15) is 0 Å². The van der Waals surface area contributed by atoms with E-state index in [1.807, 2.05) is 0 Å². The van der Waals surface area contributed by atoms with Crippen molar-refractivity contribution in [2.24, 2.45) is 0 Å². The largest absolute Gasteiger partial charge is 0.478 e. The Kier molecular flexibility index (Phi) is 4.95. The Morgan fingerprint density at radius 3 is 2.82 bits per heavy atom. The maximum absolute atomic E-state index is 11.3. The number of carboxylic acids is 1. The molecular formula is C14H18N4O4. The third kappa shape index (κ3) is 3.17. The first-order chi connectivity index (χ1) is 10.6. The van der Waals surface area contributed by atoms with Crippen molar-refractivity contribution in [1.82, 2.24) is 14.9 Å². The first kappa shape index (κ1) is 15.8. The van der Waals surface area contributed by atoms with E-state index in [2.05, 4.69) is 17.2 Å². The number of imidazole rings is 1. The molecule has 0 aliphatic rings. The third-order valence-corrected chi connectivity index (χ3v) is 3.29. The van der Waals surface area contributed by atoms with Gasteiger partial charge in [0.1, 0.15) is 11.4 Å². The van der Waals surface area contributed by atoms with E-state index in [1.54, 1.807) is 16.7 Å². The second-order valence-corrected chi connectivity index (χ2v) is 4.82. The minimum absolute atomic E-state index is 0.0971. The van der Waals surface area contributed by atoms with Crippen LogP contribution in [0.25, 0.3) is 5.65 Å². The number of unbranched alkanes of at least 4 members (excludes halogenated alkanes) is 1. The number of pyridine rings is 1. The zero-order valence-corrected chi connectivity index (χ0v) is 12.2. The van der Waals surface area contributed by atoms with Crippen molar-refractivity contribution in [1.29, 1.82) is 0 Å². The lowest BCUT2D eigenvalue weighted by molar-refractivity contribution is -0.127. The van der Waals surface area contributed by atoms with E-state index < -0.39 is 11.9 Å². The molecule has 0 bridgehead atoms. The van der Waals surface area contributed by atoms with Crippen molar-refractivity contribution >= 4 is 23.3 Å². The van der Waals surface area contributed by atoms with Gasteiger partial charge in [0, 0.05) is 6.20 Å². The number of nitrogens with one attached hydrogen (secondary N) is 2. The van der Waals surface area contributed by atoms with Crippen molar-refractivity contribution < 1.29 is 19.9 Å². The van der Waals surface area contributed by atoms with Crippen molar-refractivity contribution in [3.63, 3.8) is 0 Å². The van der Waals surface area contributed by atoms with E-state index in [1.165, 1.54) is 11.5 Å². The second-order valence-electron chi connectivity index (χ2n) is 4.82. The number of rotatable bonds is 7. The number of carbonyl (C=O) groups is 2. The molecule has 0 atom stereocenters. The van der Waals surface area contributed by atoms with Crippen LogP contribution in [0.15, 0.2) is 18.3 Å². The maximum atomic E-state index is 11.3. The number of fused-ring (bicyclic) bond motifs is 1. The summed E-state index contributed by atoms with van der Waals surface area (Å²) in [5.74, 6) is -1.21. The average Bonchev–Trinajstić information content (AvgIpc) is 2.87.